The van der Waals surface area contributed by atoms with Crippen LogP contribution in [0.5, 0.6) is 11.5 Å². The molecule has 5 rings (SSSR count). The molecule has 0 unspecified atom stereocenters. The normalized spacial score (nSPS) is 17.9. The number of hydrogen-bond donors (Lipinski definition) is 1. The van der Waals surface area contributed by atoms with Crippen molar-refractivity contribution in [3.8, 4) is 11.5 Å². The smallest absolute Gasteiger partial charge is 0.224 e. The number of nitrogens with zero attached hydrogens (tertiary/aromatic N) is 2. The first-order valence-electron chi connectivity index (χ1n) is 10.1. The topological polar surface area (TPSA) is 74.6 Å². The van der Waals surface area contributed by atoms with Gasteiger partial charge >= 0.3 is 0 Å². The van der Waals surface area contributed by atoms with Crippen LogP contribution in [0, 0.1) is 5.92 Å². The van der Waals surface area contributed by atoms with E-state index in [4.69, 9.17) is 19.3 Å². The molecular formula is C21H25N3O4. The SMILES string of the molecule is O=C(CCc1nn(CC2CC2)c2c1COCC2)Nc1ccc2c(c1)OCCO2. The van der Waals surface area contributed by atoms with Gasteiger partial charge in [-0.1, -0.05) is 0 Å². The van der Waals surface area contributed by atoms with Crippen LogP contribution < -0.4 is 14.8 Å². The first-order valence-corrected chi connectivity index (χ1v) is 10.1. The molecule has 3 aliphatic rings. The van der Waals surface area contributed by atoms with Crippen LogP contribution in [-0.4, -0.2) is 35.5 Å². The van der Waals surface area contributed by atoms with Crippen LogP contribution in [0.4, 0.5) is 5.69 Å². The van der Waals surface area contributed by atoms with Crippen LogP contribution in [-0.2, 0) is 35.5 Å². The number of amides is 1. The number of hydrogen-bond acceptors (Lipinski definition) is 5. The van der Waals surface area contributed by atoms with E-state index in [1.807, 2.05) is 18.2 Å². The van der Waals surface area contributed by atoms with Crippen molar-refractivity contribution in [2.24, 2.45) is 5.92 Å². The van der Waals surface area contributed by atoms with Crippen molar-refractivity contribution in [1.29, 1.82) is 0 Å². The largest absolute Gasteiger partial charge is 0.486 e. The summed E-state index contributed by atoms with van der Waals surface area (Å²) in [6.07, 6.45) is 4.54. The summed E-state index contributed by atoms with van der Waals surface area (Å²) in [6, 6.07) is 5.48. The highest BCUT2D eigenvalue weighted by Gasteiger charge is 2.27. The minimum atomic E-state index is -0.0288. The summed E-state index contributed by atoms with van der Waals surface area (Å²) in [5.74, 6) is 2.14. The van der Waals surface area contributed by atoms with Crippen molar-refractivity contribution >= 4 is 11.6 Å². The van der Waals surface area contributed by atoms with Gasteiger partial charge in [-0.15, -0.1) is 0 Å². The lowest BCUT2D eigenvalue weighted by Crippen LogP contribution is -2.17. The Morgan fingerprint density at radius 2 is 2.04 bits per heavy atom. The Kier molecular flexibility index (Phi) is 4.68. The van der Waals surface area contributed by atoms with Crippen molar-refractivity contribution < 1.29 is 19.0 Å². The van der Waals surface area contributed by atoms with Gasteiger partial charge in [0.1, 0.15) is 13.2 Å². The molecule has 148 valence electrons. The van der Waals surface area contributed by atoms with Crippen LogP contribution in [0.15, 0.2) is 18.2 Å². The van der Waals surface area contributed by atoms with Crippen LogP contribution >= 0.6 is 0 Å². The summed E-state index contributed by atoms with van der Waals surface area (Å²) >= 11 is 0. The zero-order valence-corrected chi connectivity index (χ0v) is 15.9. The highest BCUT2D eigenvalue weighted by Crippen LogP contribution is 2.33. The predicted molar refractivity (Wildman–Crippen MR) is 103 cm³/mol. The van der Waals surface area contributed by atoms with E-state index in [1.54, 1.807) is 0 Å². The third-order valence-electron chi connectivity index (χ3n) is 5.52. The Bertz CT molecular complexity index is 888. The first-order chi connectivity index (χ1) is 13.8. The molecule has 1 fully saturated rings. The third-order valence-corrected chi connectivity index (χ3v) is 5.52. The van der Waals surface area contributed by atoms with Crippen molar-refractivity contribution in [2.45, 2.75) is 45.3 Å². The van der Waals surface area contributed by atoms with E-state index in [2.05, 4.69) is 10.00 Å². The van der Waals surface area contributed by atoms with E-state index >= 15 is 0 Å². The van der Waals surface area contributed by atoms with Crippen molar-refractivity contribution in [1.82, 2.24) is 9.78 Å². The maximum atomic E-state index is 12.5. The third kappa shape index (κ3) is 3.71. The number of carbonyl (C=O) groups is 1. The molecule has 2 aromatic rings. The van der Waals surface area contributed by atoms with Gasteiger partial charge in [0.05, 0.1) is 18.9 Å². The quantitative estimate of drug-likeness (QED) is 0.830. The summed E-state index contributed by atoms with van der Waals surface area (Å²) in [5, 5.41) is 7.78. The Morgan fingerprint density at radius 3 is 2.89 bits per heavy atom. The zero-order chi connectivity index (χ0) is 18.9. The number of benzene rings is 1. The Hall–Kier alpha value is -2.54. The molecule has 1 aromatic heterocycles. The molecule has 7 nitrogen and oxygen atoms in total. The fraction of sp³-hybridized carbons (Fsp3) is 0.524. The van der Waals surface area contributed by atoms with E-state index in [0.29, 0.717) is 38.4 Å². The van der Waals surface area contributed by atoms with E-state index in [1.165, 1.54) is 24.1 Å². The van der Waals surface area contributed by atoms with Crippen LogP contribution in [0.3, 0.4) is 0 Å². The summed E-state index contributed by atoms with van der Waals surface area (Å²) in [4.78, 5) is 12.5. The fourth-order valence-corrected chi connectivity index (χ4v) is 3.85. The molecule has 0 bridgehead atoms. The van der Waals surface area contributed by atoms with Gasteiger partial charge in [-0.25, -0.2) is 0 Å². The lowest BCUT2D eigenvalue weighted by atomic mass is 10.1. The number of aryl methyl sites for hydroxylation is 1. The fourth-order valence-electron chi connectivity index (χ4n) is 3.85. The summed E-state index contributed by atoms with van der Waals surface area (Å²) in [6.45, 7) is 3.46. The first kappa shape index (κ1) is 17.6. The highest BCUT2D eigenvalue weighted by molar-refractivity contribution is 5.91. The van der Waals surface area contributed by atoms with Gasteiger partial charge in [-0.2, -0.15) is 5.10 Å². The summed E-state index contributed by atoms with van der Waals surface area (Å²) in [7, 11) is 0. The second-order valence-electron chi connectivity index (χ2n) is 7.71. The van der Waals surface area contributed by atoms with Crippen molar-refractivity contribution in [2.75, 3.05) is 25.1 Å². The molecule has 28 heavy (non-hydrogen) atoms. The zero-order valence-electron chi connectivity index (χ0n) is 15.9. The molecule has 2 aliphatic heterocycles. The van der Waals surface area contributed by atoms with Crippen LogP contribution in [0.2, 0.25) is 0 Å². The average molecular weight is 383 g/mol. The minimum Gasteiger partial charge on any atom is -0.486 e. The summed E-state index contributed by atoms with van der Waals surface area (Å²) < 4.78 is 18.9. The second-order valence-corrected chi connectivity index (χ2v) is 7.71. The second kappa shape index (κ2) is 7.47. The molecule has 0 atom stereocenters. The maximum Gasteiger partial charge on any atom is 0.224 e. The molecular weight excluding hydrogens is 358 g/mol. The average Bonchev–Trinajstić information content (AvgIpc) is 3.47. The number of rotatable bonds is 6. The number of aromatic nitrogens is 2. The van der Waals surface area contributed by atoms with Crippen LogP contribution in [0.25, 0.3) is 0 Å². The maximum absolute atomic E-state index is 12.5. The number of nitrogens with one attached hydrogen (secondary N) is 1. The Labute approximate surface area is 164 Å². The molecule has 0 radical (unpaired) electrons. The van der Waals surface area contributed by atoms with Crippen LogP contribution in [0.1, 0.15) is 36.2 Å². The predicted octanol–water partition coefficient (Wildman–Crippen LogP) is 2.71. The molecule has 1 aliphatic carbocycles. The van der Waals surface area contributed by atoms with Crippen molar-refractivity contribution in [3.63, 3.8) is 0 Å². The molecule has 0 spiro atoms. The monoisotopic (exact) mass is 383 g/mol. The van der Waals surface area contributed by atoms with Gasteiger partial charge in [-0.05, 0) is 30.9 Å². The van der Waals surface area contributed by atoms with Gasteiger partial charge in [0.15, 0.2) is 11.5 Å². The molecule has 3 heterocycles. The lowest BCUT2D eigenvalue weighted by molar-refractivity contribution is -0.116. The van der Waals surface area contributed by atoms with Gasteiger partial charge in [0.25, 0.3) is 0 Å². The molecule has 0 saturated heterocycles. The number of fused-ring (bicyclic) bond motifs is 2. The lowest BCUT2D eigenvalue weighted by Gasteiger charge is -2.19. The number of anilines is 1. The Balaban J connectivity index is 1.23. The van der Waals surface area contributed by atoms with E-state index in [-0.39, 0.29) is 5.91 Å². The molecule has 1 N–H and O–H groups in total. The molecule has 1 saturated carbocycles. The van der Waals surface area contributed by atoms with Crippen molar-refractivity contribution in [3.05, 3.63) is 35.2 Å². The number of carbonyl (C=O) groups excluding carboxylic acids is 1. The van der Waals surface area contributed by atoms with E-state index < -0.39 is 0 Å². The molecule has 1 amide bonds. The van der Waals surface area contributed by atoms with Gasteiger partial charge in [-0.3, -0.25) is 9.48 Å². The Morgan fingerprint density at radius 1 is 1.18 bits per heavy atom. The highest BCUT2D eigenvalue weighted by atomic mass is 16.6. The van der Waals surface area contributed by atoms with E-state index in [0.717, 1.165) is 42.6 Å². The van der Waals surface area contributed by atoms with Gasteiger partial charge < -0.3 is 19.5 Å². The molecule has 1 aromatic carbocycles. The number of ether oxygens (including phenoxy) is 3. The van der Waals surface area contributed by atoms with Gasteiger partial charge in [0, 0.05) is 48.8 Å². The summed E-state index contributed by atoms with van der Waals surface area (Å²) in [5.41, 5.74) is 4.23. The molecule has 7 heteroatoms. The minimum absolute atomic E-state index is 0.0288. The van der Waals surface area contributed by atoms with Gasteiger partial charge in [0.2, 0.25) is 5.91 Å². The van der Waals surface area contributed by atoms with E-state index in [9.17, 15) is 4.79 Å². The standard InChI is InChI=1S/C21H25N3O4/c25-21(22-15-3-5-19-20(11-15)28-10-9-27-19)6-4-17-16-13-26-8-7-18(16)24(23-17)12-14-1-2-14/h3,5,11,14H,1-2,4,6-10,12-13H2,(H,22,25).